The van der Waals surface area contributed by atoms with E-state index in [9.17, 15) is 8.78 Å². The quantitative estimate of drug-likeness (QED) is 0.418. The van der Waals surface area contributed by atoms with E-state index in [2.05, 4.69) is 4.98 Å². The molecule has 0 aliphatic heterocycles. The average molecular weight is 359 g/mol. The van der Waals surface area contributed by atoms with Gasteiger partial charge in [0.1, 0.15) is 17.3 Å². The molecule has 0 atom stereocenters. The second-order valence-corrected chi connectivity index (χ2v) is 5.99. The van der Waals surface area contributed by atoms with Crippen LogP contribution in [0.5, 0.6) is 0 Å². The second-order valence-electron chi connectivity index (χ2n) is 5.99. The van der Waals surface area contributed by atoms with Crippen LogP contribution in [0.3, 0.4) is 0 Å². The molecule has 3 aromatic carbocycles. The first kappa shape index (κ1) is 16.9. The Morgan fingerprint density at radius 1 is 0.667 bits per heavy atom. The Balaban J connectivity index is 1.77. The zero-order valence-electron chi connectivity index (χ0n) is 14.3. The molecule has 0 saturated carbocycles. The van der Waals surface area contributed by atoms with Crippen molar-refractivity contribution in [2.75, 3.05) is 0 Å². The van der Waals surface area contributed by atoms with Gasteiger partial charge in [-0.1, -0.05) is 36.4 Å². The van der Waals surface area contributed by atoms with Gasteiger partial charge in [0.15, 0.2) is 5.76 Å². The predicted octanol–water partition coefficient (Wildman–Crippen LogP) is 6.46. The predicted molar refractivity (Wildman–Crippen MR) is 103 cm³/mol. The van der Waals surface area contributed by atoms with Crippen molar-refractivity contribution in [3.8, 4) is 22.7 Å². The van der Waals surface area contributed by atoms with Gasteiger partial charge in [-0.2, -0.15) is 0 Å². The highest BCUT2D eigenvalue weighted by Crippen LogP contribution is 2.30. The monoisotopic (exact) mass is 359 g/mol. The summed E-state index contributed by atoms with van der Waals surface area (Å²) in [6, 6.07) is 21.8. The molecule has 0 aliphatic rings. The summed E-state index contributed by atoms with van der Waals surface area (Å²) in [7, 11) is 0. The van der Waals surface area contributed by atoms with E-state index in [1.807, 2.05) is 36.4 Å². The molecular formula is C23H15F2NO. The summed E-state index contributed by atoms with van der Waals surface area (Å²) in [4.78, 5) is 4.61. The van der Waals surface area contributed by atoms with Crippen molar-refractivity contribution in [1.29, 1.82) is 0 Å². The van der Waals surface area contributed by atoms with Gasteiger partial charge in [-0.05, 0) is 60.2 Å². The summed E-state index contributed by atoms with van der Waals surface area (Å²) in [5, 5.41) is 0. The number of halogens is 2. The van der Waals surface area contributed by atoms with E-state index in [4.69, 9.17) is 4.42 Å². The van der Waals surface area contributed by atoms with Crippen molar-refractivity contribution >= 4 is 12.2 Å². The van der Waals surface area contributed by atoms with Crippen LogP contribution in [0.25, 0.3) is 34.9 Å². The third-order valence-corrected chi connectivity index (χ3v) is 4.09. The summed E-state index contributed by atoms with van der Waals surface area (Å²) >= 11 is 0. The Morgan fingerprint density at radius 2 is 1.30 bits per heavy atom. The van der Waals surface area contributed by atoms with Crippen molar-refractivity contribution in [3.05, 3.63) is 102 Å². The van der Waals surface area contributed by atoms with Gasteiger partial charge in [0.2, 0.25) is 5.89 Å². The lowest BCUT2D eigenvalue weighted by atomic mass is 10.1. The zero-order valence-corrected chi connectivity index (χ0v) is 14.3. The fraction of sp³-hybridized carbons (Fsp3) is 0. The molecule has 4 heteroatoms. The van der Waals surface area contributed by atoms with Crippen molar-refractivity contribution in [2.24, 2.45) is 0 Å². The molecule has 0 saturated heterocycles. The molecule has 4 rings (SSSR count). The van der Waals surface area contributed by atoms with Gasteiger partial charge in [-0.15, -0.1) is 0 Å². The van der Waals surface area contributed by atoms with E-state index < -0.39 is 0 Å². The molecule has 0 bridgehead atoms. The van der Waals surface area contributed by atoms with Gasteiger partial charge in [-0.25, -0.2) is 13.8 Å². The summed E-state index contributed by atoms with van der Waals surface area (Å²) in [6.07, 6.45) is 3.60. The lowest BCUT2D eigenvalue weighted by molar-refractivity contribution is 0.565. The number of benzene rings is 3. The molecule has 0 amide bonds. The number of hydrogen-bond donors (Lipinski definition) is 0. The highest BCUT2D eigenvalue weighted by molar-refractivity contribution is 5.77. The number of hydrogen-bond acceptors (Lipinski definition) is 2. The number of rotatable bonds is 4. The summed E-state index contributed by atoms with van der Waals surface area (Å²) in [5.41, 5.74) is 3.05. The topological polar surface area (TPSA) is 26.0 Å². The Labute approximate surface area is 155 Å². The molecular weight excluding hydrogens is 344 g/mol. The third kappa shape index (κ3) is 3.85. The molecule has 4 aromatic rings. The second kappa shape index (κ2) is 7.38. The molecule has 27 heavy (non-hydrogen) atoms. The van der Waals surface area contributed by atoms with E-state index in [0.29, 0.717) is 17.3 Å². The van der Waals surface area contributed by atoms with Gasteiger partial charge in [-0.3, -0.25) is 0 Å². The summed E-state index contributed by atoms with van der Waals surface area (Å²) < 4.78 is 32.3. The van der Waals surface area contributed by atoms with Crippen LogP contribution in [0.2, 0.25) is 0 Å². The van der Waals surface area contributed by atoms with Gasteiger partial charge in [0.05, 0.1) is 0 Å². The normalized spacial score (nSPS) is 11.2. The molecule has 132 valence electrons. The maximum absolute atomic E-state index is 13.3. The molecule has 1 aromatic heterocycles. The molecule has 0 spiro atoms. The Hall–Kier alpha value is -3.53. The highest BCUT2D eigenvalue weighted by Gasteiger charge is 2.14. The SMILES string of the molecule is Fc1ccc(/C=C/c2oc(-c3ccccc3)nc2-c2ccc(F)cc2)cc1. The maximum atomic E-state index is 13.3. The number of oxazole rings is 1. The van der Waals surface area contributed by atoms with Gasteiger partial charge in [0.25, 0.3) is 0 Å². The van der Waals surface area contributed by atoms with Crippen LogP contribution < -0.4 is 0 Å². The number of nitrogens with zero attached hydrogens (tertiary/aromatic N) is 1. The minimum Gasteiger partial charge on any atom is -0.436 e. The van der Waals surface area contributed by atoms with Crippen LogP contribution >= 0.6 is 0 Å². The Morgan fingerprint density at radius 3 is 1.96 bits per heavy atom. The van der Waals surface area contributed by atoms with Gasteiger partial charge >= 0.3 is 0 Å². The van der Waals surface area contributed by atoms with E-state index >= 15 is 0 Å². The van der Waals surface area contributed by atoms with Crippen LogP contribution in [0.4, 0.5) is 8.78 Å². The summed E-state index contributed by atoms with van der Waals surface area (Å²) in [6.45, 7) is 0. The van der Waals surface area contributed by atoms with E-state index in [-0.39, 0.29) is 11.6 Å². The average Bonchev–Trinajstić information content (AvgIpc) is 3.13. The fourth-order valence-electron chi connectivity index (χ4n) is 2.71. The Kier molecular flexibility index (Phi) is 4.62. The lowest BCUT2D eigenvalue weighted by Crippen LogP contribution is -1.83. The first-order chi connectivity index (χ1) is 13.2. The largest absolute Gasteiger partial charge is 0.436 e. The molecule has 2 nitrogen and oxygen atoms in total. The first-order valence-electron chi connectivity index (χ1n) is 8.45. The van der Waals surface area contributed by atoms with Crippen molar-refractivity contribution < 1.29 is 13.2 Å². The molecule has 0 aliphatic carbocycles. The van der Waals surface area contributed by atoms with Crippen molar-refractivity contribution in [3.63, 3.8) is 0 Å². The molecule has 1 heterocycles. The fourth-order valence-corrected chi connectivity index (χ4v) is 2.71. The molecule has 0 fully saturated rings. The lowest BCUT2D eigenvalue weighted by Gasteiger charge is -1.98. The third-order valence-electron chi connectivity index (χ3n) is 4.09. The number of aromatic nitrogens is 1. The molecule has 0 radical (unpaired) electrons. The summed E-state index contributed by atoms with van der Waals surface area (Å²) in [5.74, 6) is 0.428. The van der Waals surface area contributed by atoms with Crippen LogP contribution in [0.15, 0.2) is 83.3 Å². The van der Waals surface area contributed by atoms with E-state index in [1.165, 1.54) is 24.3 Å². The van der Waals surface area contributed by atoms with Crippen molar-refractivity contribution in [1.82, 2.24) is 4.98 Å². The minimum atomic E-state index is -0.311. The van der Waals surface area contributed by atoms with Gasteiger partial charge < -0.3 is 4.42 Å². The Bertz CT molecular complexity index is 1070. The molecule has 0 N–H and O–H groups in total. The standard InChI is InChI=1S/C23H15F2NO/c24-19-11-6-16(7-12-19)8-15-21-22(17-9-13-20(25)14-10-17)26-23(27-21)18-4-2-1-3-5-18/h1-15H/b15-8+. The van der Waals surface area contributed by atoms with Crippen LogP contribution in [0, 0.1) is 11.6 Å². The van der Waals surface area contributed by atoms with Crippen molar-refractivity contribution in [2.45, 2.75) is 0 Å². The smallest absolute Gasteiger partial charge is 0.227 e. The van der Waals surface area contributed by atoms with Gasteiger partial charge in [0, 0.05) is 11.1 Å². The van der Waals surface area contributed by atoms with E-state index in [1.54, 1.807) is 30.3 Å². The van der Waals surface area contributed by atoms with Crippen LogP contribution in [-0.4, -0.2) is 4.98 Å². The van der Waals surface area contributed by atoms with Crippen LogP contribution in [0.1, 0.15) is 11.3 Å². The first-order valence-corrected chi connectivity index (χ1v) is 8.45. The maximum Gasteiger partial charge on any atom is 0.227 e. The highest BCUT2D eigenvalue weighted by atomic mass is 19.1. The molecule has 0 unspecified atom stereocenters. The minimum absolute atomic E-state index is 0.287. The van der Waals surface area contributed by atoms with E-state index in [0.717, 1.165) is 16.7 Å². The zero-order chi connectivity index (χ0) is 18.6. The van der Waals surface area contributed by atoms with Crippen LogP contribution in [-0.2, 0) is 0 Å².